The first-order valence-electron chi connectivity index (χ1n) is 6.40. The number of ether oxygens (including phenoxy) is 1. The van der Waals surface area contributed by atoms with Gasteiger partial charge in [-0.15, -0.1) is 0 Å². The van der Waals surface area contributed by atoms with E-state index >= 15 is 0 Å². The van der Waals surface area contributed by atoms with Crippen molar-refractivity contribution < 1.29 is 4.74 Å². The maximum Gasteiger partial charge on any atom is 0.0724 e. The van der Waals surface area contributed by atoms with Gasteiger partial charge in [-0.05, 0) is 46.4 Å². The number of hydrogen-bond acceptors (Lipinski definition) is 3. The zero-order valence-electron chi connectivity index (χ0n) is 11.0. The van der Waals surface area contributed by atoms with Gasteiger partial charge in [-0.1, -0.05) is 19.1 Å². The molecule has 2 unspecified atom stereocenters. The highest BCUT2D eigenvalue weighted by Crippen LogP contribution is 2.27. The van der Waals surface area contributed by atoms with Crippen LogP contribution in [0.4, 0.5) is 5.69 Å². The number of methoxy groups -OCH3 is 1. The molecule has 1 aliphatic heterocycles. The monoisotopic (exact) mass is 312 g/mol. The second-order valence-electron chi connectivity index (χ2n) is 5.10. The molecule has 100 valence electrons. The highest BCUT2D eigenvalue weighted by Gasteiger charge is 2.26. The molecular formula is C14H21BrN2O. The lowest BCUT2D eigenvalue weighted by Gasteiger charge is -2.36. The fourth-order valence-corrected chi connectivity index (χ4v) is 2.90. The molecule has 0 aliphatic carbocycles. The van der Waals surface area contributed by atoms with Crippen LogP contribution in [0.5, 0.6) is 0 Å². The number of nitrogen functional groups attached to an aromatic ring is 1. The molecule has 3 nitrogen and oxygen atoms in total. The second-order valence-corrected chi connectivity index (χ2v) is 5.89. The Bertz CT molecular complexity index is 411. The van der Waals surface area contributed by atoms with Gasteiger partial charge in [0.05, 0.1) is 6.10 Å². The highest BCUT2D eigenvalue weighted by atomic mass is 79.9. The molecule has 0 aromatic heterocycles. The Balaban J connectivity index is 2.03. The van der Waals surface area contributed by atoms with Gasteiger partial charge in [0.1, 0.15) is 0 Å². The van der Waals surface area contributed by atoms with Crippen molar-refractivity contribution >= 4 is 21.6 Å². The summed E-state index contributed by atoms with van der Waals surface area (Å²) < 4.78 is 6.57. The van der Waals surface area contributed by atoms with E-state index in [4.69, 9.17) is 10.5 Å². The number of nitrogens with two attached hydrogens (primary N) is 1. The van der Waals surface area contributed by atoms with Gasteiger partial charge in [-0.2, -0.15) is 0 Å². The number of benzene rings is 1. The molecule has 0 spiro atoms. The van der Waals surface area contributed by atoms with E-state index in [1.807, 2.05) is 12.1 Å². The highest BCUT2D eigenvalue weighted by molar-refractivity contribution is 9.10. The first-order chi connectivity index (χ1) is 8.61. The standard InChI is InChI=1S/C14H21BrN2O/c1-10-6-7-17(9-13(10)18-2)8-11-4-3-5-12(16)14(11)15/h3-5,10,13H,6-9,16H2,1-2H3. The molecule has 0 bridgehead atoms. The third kappa shape index (κ3) is 3.05. The minimum absolute atomic E-state index is 0.346. The maximum atomic E-state index is 5.91. The fraction of sp³-hybridized carbons (Fsp3) is 0.571. The van der Waals surface area contributed by atoms with Crippen molar-refractivity contribution in [2.45, 2.75) is 26.0 Å². The number of anilines is 1. The SMILES string of the molecule is COC1CN(Cc2cccc(N)c2Br)CCC1C. The van der Waals surface area contributed by atoms with Crippen LogP contribution in [0.15, 0.2) is 22.7 Å². The second kappa shape index (κ2) is 6.04. The molecule has 2 N–H and O–H groups in total. The summed E-state index contributed by atoms with van der Waals surface area (Å²) in [5, 5.41) is 0. The molecule has 0 saturated carbocycles. The third-order valence-corrected chi connectivity index (χ3v) is 4.75. The zero-order chi connectivity index (χ0) is 13.1. The molecule has 18 heavy (non-hydrogen) atoms. The Morgan fingerprint density at radius 3 is 3.00 bits per heavy atom. The number of piperidine rings is 1. The molecule has 2 atom stereocenters. The third-order valence-electron chi connectivity index (χ3n) is 3.78. The Kier molecular flexibility index (Phi) is 4.65. The van der Waals surface area contributed by atoms with Crippen LogP contribution < -0.4 is 5.73 Å². The van der Waals surface area contributed by atoms with Crippen molar-refractivity contribution in [3.8, 4) is 0 Å². The van der Waals surface area contributed by atoms with E-state index in [2.05, 4.69) is 33.8 Å². The fourth-order valence-electron chi connectivity index (χ4n) is 2.51. The molecule has 4 heteroatoms. The first kappa shape index (κ1) is 13.8. The molecule has 1 aromatic rings. The molecule has 1 heterocycles. The number of likely N-dealkylation sites (tertiary alicyclic amines) is 1. The predicted octanol–water partition coefficient (Wildman–Crippen LogP) is 2.89. The van der Waals surface area contributed by atoms with Crippen molar-refractivity contribution in [1.82, 2.24) is 4.90 Å². The van der Waals surface area contributed by atoms with E-state index in [1.165, 1.54) is 12.0 Å². The lowest BCUT2D eigenvalue weighted by Crippen LogP contribution is -2.43. The quantitative estimate of drug-likeness (QED) is 0.872. The number of nitrogens with zero attached hydrogens (tertiary/aromatic N) is 1. The molecule has 0 amide bonds. The molecule has 0 radical (unpaired) electrons. The average molecular weight is 313 g/mol. The van der Waals surface area contributed by atoms with E-state index in [1.54, 1.807) is 7.11 Å². The average Bonchev–Trinajstić information content (AvgIpc) is 2.37. The van der Waals surface area contributed by atoms with E-state index in [0.29, 0.717) is 12.0 Å². The summed E-state index contributed by atoms with van der Waals surface area (Å²) in [4.78, 5) is 2.44. The van der Waals surface area contributed by atoms with Gasteiger partial charge in [0.15, 0.2) is 0 Å². The molecule has 1 aromatic carbocycles. The van der Waals surface area contributed by atoms with Crippen molar-refractivity contribution in [3.63, 3.8) is 0 Å². The Labute approximate surface area is 117 Å². The zero-order valence-corrected chi connectivity index (χ0v) is 12.6. The van der Waals surface area contributed by atoms with Crippen LogP contribution in [0.2, 0.25) is 0 Å². The van der Waals surface area contributed by atoms with Gasteiger partial charge >= 0.3 is 0 Å². The van der Waals surface area contributed by atoms with Crippen molar-refractivity contribution in [2.24, 2.45) is 5.92 Å². The molecule has 2 rings (SSSR count). The van der Waals surface area contributed by atoms with Crippen LogP contribution in [0.25, 0.3) is 0 Å². The van der Waals surface area contributed by atoms with E-state index < -0.39 is 0 Å². The van der Waals surface area contributed by atoms with Crippen LogP contribution in [0.3, 0.4) is 0 Å². The number of rotatable bonds is 3. The normalized spacial score (nSPS) is 25.3. The van der Waals surface area contributed by atoms with Crippen molar-refractivity contribution in [1.29, 1.82) is 0 Å². The van der Waals surface area contributed by atoms with Crippen LogP contribution in [-0.4, -0.2) is 31.2 Å². The lowest BCUT2D eigenvalue weighted by atomic mass is 9.95. The first-order valence-corrected chi connectivity index (χ1v) is 7.19. The predicted molar refractivity (Wildman–Crippen MR) is 78.4 cm³/mol. The van der Waals surface area contributed by atoms with Crippen LogP contribution in [0, 0.1) is 5.92 Å². The Morgan fingerprint density at radius 1 is 1.50 bits per heavy atom. The Morgan fingerprint density at radius 2 is 2.28 bits per heavy atom. The van der Waals surface area contributed by atoms with Gasteiger partial charge in [0, 0.05) is 30.4 Å². The van der Waals surface area contributed by atoms with Crippen LogP contribution in [-0.2, 0) is 11.3 Å². The summed E-state index contributed by atoms with van der Waals surface area (Å²) in [5.74, 6) is 0.649. The van der Waals surface area contributed by atoms with Crippen LogP contribution >= 0.6 is 15.9 Å². The number of halogens is 1. The lowest BCUT2D eigenvalue weighted by molar-refractivity contribution is -0.00749. The van der Waals surface area contributed by atoms with Gasteiger partial charge in [-0.25, -0.2) is 0 Å². The summed E-state index contributed by atoms with van der Waals surface area (Å²) in [5.41, 5.74) is 7.97. The van der Waals surface area contributed by atoms with Gasteiger partial charge in [0.2, 0.25) is 0 Å². The summed E-state index contributed by atoms with van der Waals surface area (Å²) in [6.45, 7) is 5.32. The smallest absolute Gasteiger partial charge is 0.0724 e. The van der Waals surface area contributed by atoms with Gasteiger partial charge in [0.25, 0.3) is 0 Å². The molecular weight excluding hydrogens is 292 g/mol. The maximum absolute atomic E-state index is 5.91. The topological polar surface area (TPSA) is 38.5 Å². The minimum atomic E-state index is 0.346. The molecule has 1 aliphatic rings. The van der Waals surface area contributed by atoms with Crippen molar-refractivity contribution in [2.75, 3.05) is 25.9 Å². The van der Waals surface area contributed by atoms with E-state index in [-0.39, 0.29) is 0 Å². The van der Waals surface area contributed by atoms with E-state index in [9.17, 15) is 0 Å². The summed E-state index contributed by atoms with van der Waals surface area (Å²) in [6, 6.07) is 6.06. The molecule has 1 saturated heterocycles. The summed E-state index contributed by atoms with van der Waals surface area (Å²) in [6.07, 6.45) is 1.54. The summed E-state index contributed by atoms with van der Waals surface area (Å²) >= 11 is 3.57. The minimum Gasteiger partial charge on any atom is -0.398 e. The molecule has 1 fully saturated rings. The van der Waals surface area contributed by atoms with Crippen LogP contribution in [0.1, 0.15) is 18.9 Å². The van der Waals surface area contributed by atoms with Gasteiger partial charge in [-0.3, -0.25) is 4.90 Å². The Hall–Kier alpha value is -0.580. The number of hydrogen-bond donors (Lipinski definition) is 1. The van der Waals surface area contributed by atoms with Gasteiger partial charge < -0.3 is 10.5 Å². The van der Waals surface area contributed by atoms with Crippen molar-refractivity contribution in [3.05, 3.63) is 28.2 Å². The van der Waals surface area contributed by atoms with E-state index in [0.717, 1.165) is 29.8 Å². The summed E-state index contributed by atoms with van der Waals surface area (Å²) in [7, 11) is 1.81. The largest absolute Gasteiger partial charge is 0.398 e.